The molecule has 0 aromatic heterocycles. The quantitative estimate of drug-likeness (QED) is 0.600. The zero-order valence-electron chi connectivity index (χ0n) is 14.2. The Labute approximate surface area is 146 Å². The molecule has 2 N–H and O–H groups in total. The minimum Gasteiger partial charge on any atom is -0.494 e. The summed E-state index contributed by atoms with van der Waals surface area (Å²) in [7, 11) is 0. The topological polar surface area (TPSA) is 79.8 Å². The minimum absolute atomic E-state index is 0.307. The van der Waals surface area contributed by atoms with Crippen LogP contribution in [0.15, 0.2) is 59.7 Å². The second-order valence-corrected chi connectivity index (χ2v) is 5.30. The molecule has 0 aliphatic heterocycles. The Bertz CT molecular complexity index is 727. The molecule has 1 atom stereocenters. The van der Waals surface area contributed by atoms with Gasteiger partial charge in [0.15, 0.2) is 0 Å². The highest BCUT2D eigenvalue weighted by Gasteiger charge is 2.15. The van der Waals surface area contributed by atoms with Crippen molar-refractivity contribution in [3.63, 3.8) is 0 Å². The van der Waals surface area contributed by atoms with Gasteiger partial charge in [0.2, 0.25) is 0 Å². The van der Waals surface area contributed by atoms with Crippen LogP contribution in [0.1, 0.15) is 29.8 Å². The molecule has 0 radical (unpaired) electrons. The van der Waals surface area contributed by atoms with Gasteiger partial charge in [0.05, 0.1) is 12.8 Å². The molecule has 0 spiro atoms. The number of nitrogens with one attached hydrogen (secondary N) is 2. The molecule has 2 rings (SSSR count). The van der Waals surface area contributed by atoms with E-state index in [4.69, 9.17) is 4.74 Å². The molecule has 1 unspecified atom stereocenters. The Balaban J connectivity index is 1.83. The minimum atomic E-state index is -0.704. The van der Waals surface area contributed by atoms with E-state index in [1.165, 1.54) is 6.21 Å². The second kappa shape index (κ2) is 9.22. The molecule has 6 heteroatoms. The van der Waals surface area contributed by atoms with Crippen LogP contribution in [0, 0.1) is 0 Å². The van der Waals surface area contributed by atoms with Gasteiger partial charge in [-0.1, -0.05) is 18.2 Å². The molecular weight excluding hydrogens is 318 g/mol. The third-order valence-corrected chi connectivity index (χ3v) is 3.36. The highest BCUT2D eigenvalue weighted by Crippen LogP contribution is 2.10. The maximum atomic E-state index is 12.0. The molecule has 0 heterocycles. The SMILES string of the molecule is CCOc1ccc(/C=N/NC(=O)C(C)NC(=O)c2ccccc2)cc1. The average Bonchev–Trinajstić information content (AvgIpc) is 2.64. The average molecular weight is 339 g/mol. The summed E-state index contributed by atoms with van der Waals surface area (Å²) in [4.78, 5) is 24.0. The predicted molar refractivity (Wildman–Crippen MR) is 96.7 cm³/mol. The molecule has 0 saturated carbocycles. The van der Waals surface area contributed by atoms with Crippen molar-refractivity contribution < 1.29 is 14.3 Å². The van der Waals surface area contributed by atoms with Crippen molar-refractivity contribution in [3.8, 4) is 5.75 Å². The van der Waals surface area contributed by atoms with E-state index in [2.05, 4.69) is 15.8 Å². The molecule has 6 nitrogen and oxygen atoms in total. The number of hydrogen-bond donors (Lipinski definition) is 2. The van der Waals surface area contributed by atoms with Crippen molar-refractivity contribution in [2.24, 2.45) is 5.10 Å². The number of rotatable bonds is 7. The standard InChI is InChI=1S/C19H21N3O3/c1-3-25-17-11-9-15(10-12-17)13-20-22-18(23)14(2)21-19(24)16-7-5-4-6-8-16/h4-14H,3H2,1-2H3,(H,21,24)(H,22,23)/b20-13+. The molecule has 0 fully saturated rings. The molecule has 2 aromatic rings. The highest BCUT2D eigenvalue weighted by atomic mass is 16.5. The first-order valence-corrected chi connectivity index (χ1v) is 8.02. The Morgan fingerprint density at radius 3 is 2.44 bits per heavy atom. The third kappa shape index (κ3) is 5.76. The van der Waals surface area contributed by atoms with Crippen molar-refractivity contribution in [3.05, 3.63) is 65.7 Å². The summed E-state index contributed by atoms with van der Waals surface area (Å²) in [6, 6.07) is 15.3. The van der Waals surface area contributed by atoms with Crippen LogP contribution in [0.3, 0.4) is 0 Å². The van der Waals surface area contributed by atoms with E-state index >= 15 is 0 Å². The lowest BCUT2D eigenvalue weighted by molar-refractivity contribution is -0.122. The van der Waals surface area contributed by atoms with Crippen molar-refractivity contribution in [1.29, 1.82) is 0 Å². The normalized spacial score (nSPS) is 11.8. The molecule has 130 valence electrons. The van der Waals surface area contributed by atoms with Gasteiger partial charge in [0.1, 0.15) is 11.8 Å². The fraction of sp³-hybridized carbons (Fsp3) is 0.211. The van der Waals surface area contributed by atoms with Crippen LogP contribution in [0.2, 0.25) is 0 Å². The predicted octanol–water partition coefficient (Wildman–Crippen LogP) is 2.35. The van der Waals surface area contributed by atoms with Gasteiger partial charge in [-0.3, -0.25) is 9.59 Å². The monoisotopic (exact) mass is 339 g/mol. The Morgan fingerprint density at radius 2 is 1.80 bits per heavy atom. The summed E-state index contributed by atoms with van der Waals surface area (Å²) in [5.41, 5.74) is 3.74. The maximum absolute atomic E-state index is 12.0. The van der Waals surface area contributed by atoms with E-state index in [0.29, 0.717) is 12.2 Å². The van der Waals surface area contributed by atoms with Crippen LogP contribution in [0.25, 0.3) is 0 Å². The summed E-state index contributed by atoms with van der Waals surface area (Å²) < 4.78 is 5.35. The summed E-state index contributed by atoms with van der Waals surface area (Å²) in [5.74, 6) is 0.0751. The first-order valence-electron chi connectivity index (χ1n) is 8.02. The maximum Gasteiger partial charge on any atom is 0.262 e. The van der Waals surface area contributed by atoms with Crippen molar-refractivity contribution in [2.45, 2.75) is 19.9 Å². The first kappa shape index (κ1) is 18.2. The third-order valence-electron chi connectivity index (χ3n) is 3.36. The molecule has 0 bridgehead atoms. The summed E-state index contributed by atoms with van der Waals surface area (Å²) in [5, 5.41) is 6.53. The number of benzene rings is 2. The molecule has 0 aliphatic rings. The van der Waals surface area contributed by atoms with Crippen LogP contribution in [-0.2, 0) is 4.79 Å². The van der Waals surface area contributed by atoms with E-state index in [0.717, 1.165) is 11.3 Å². The number of amides is 2. The zero-order chi connectivity index (χ0) is 18.1. The lowest BCUT2D eigenvalue weighted by atomic mass is 10.2. The fourth-order valence-corrected chi connectivity index (χ4v) is 2.02. The largest absolute Gasteiger partial charge is 0.494 e. The summed E-state index contributed by atoms with van der Waals surface area (Å²) in [6.45, 7) is 4.13. The molecule has 2 amide bonds. The summed E-state index contributed by atoms with van der Waals surface area (Å²) >= 11 is 0. The number of nitrogens with zero attached hydrogens (tertiary/aromatic N) is 1. The van der Waals surface area contributed by atoms with E-state index in [9.17, 15) is 9.59 Å². The molecule has 2 aromatic carbocycles. The van der Waals surface area contributed by atoms with E-state index in [1.54, 1.807) is 31.2 Å². The number of carbonyl (C=O) groups is 2. The van der Waals surface area contributed by atoms with E-state index < -0.39 is 11.9 Å². The zero-order valence-corrected chi connectivity index (χ0v) is 14.2. The number of carbonyl (C=O) groups excluding carboxylic acids is 2. The Hall–Kier alpha value is -3.15. The van der Waals surface area contributed by atoms with Crippen molar-refractivity contribution >= 4 is 18.0 Å². The van der Waals surface area contributed by atoms with Gasteiger partial charge < -0.3 is 10.1 Å². The molecule has 25 heavy (non-hydrogen) atoms. The van der Waals surface area contributed by atoms with Crippen LogP contribution < -0.4 is 15.5 Å². The van der Waals surface area contributed by atoms with Gasteiger partial charge in [-0.05, 0) is 55.8 Å². The van der Waals surface area contributed by atoms with Gasteiger partial charge in [0.25, 0.3) is 11.8 Å². The van der Waals surface area contributed by atoms with Crippen molar-refractivity contribution in [2.75, 3.05) is 6.61 Å². The smallest absolute Gasteiger partial charge is 0.262 e. The van der Waals surface area contributed by atoms with Crippen LogP contribution in [-0.4, -0.2) is 30.7 Å². The van der Waals surface area contributed by atoms with Gasteiger partial charge in [-0.2, -0.15) is 5.10 Å². The van der Waals surface area contributed by atoms with Gasteiger partial charge in [-0.25, -0.2) is 5.43 Å². The molecular formula is C19H21N3O3. The first-order chi connectivity index (χ1) is 12.1. The Kier molecular flexibility index (Phi) is 6.71. The van der Waals surface area contributed by atoms with Gasteiger partial charge >= 0.3 is 0 Å². The lowest BCUT2D eigenvalue weighted by Crippen LogP contribution is -2.43. The highest BCUT2D eigenvalue weighted by molar-refractivity contribution is 5.97. The van der Waals surface area contributed by atoms with E-state index in [1.807, 2.05) is 37.3 Å². The van der Waals surface area contributed by atoms with Crippen LogP contribution in [0.5, 0.6) is 5.75 Å². The number of ether oxygens (including phenoxy) is 1. The van der Waals surface area contributed by atoms with Crippen LogP contribution >= 0.6 is 0 Å². The van der Waals surface area contributed by atoms with E-state index in [-0.39, 0.29) is 5.91 Å². The number of hydrogen-bond acceptors (Lipinski definition) is 4. The molecule has 0 aliphatic carbocycles. The van der Waals surface area contributed by atoms with Crippen molar-refractivity contribution in [1.82, 2.24) is 10.7 Å². The van der Waals surface area contributed by atoms with Crippen LogP contribution in [0.4, 0.5) is 0 Å². The lowest BCUT2D eigenvalue weighted by Gasteiger charge is -2.12. The van der Waals surface area contributed by atoms with Gasteiger partial charge in [-0.15, -0.1) is 0 Å². The second-order valence-electron chi connectivity index (χ2n) is 5.30. The molecule has 0 saturated heterocycles. The summed E-state index contributed by atoms with van der Waals surface area (Å²) in [6.07, 6.45) is 1.53. The Morgan fingerprint density at radius 1 is 1.12 bits per heavy atom. The number of hydrazone groups is 1. The fourth-order valence-electron chi connectivity index (χ4n) is 2.02. The van der Waals surface area contributed by atoms with Gasteiger partial charge in [0, 0.05) is 5.56 Å².